The molecule has 1 unspecified atom stereocenters. The number of hydrogen-bond donors (Lipinski definition) is 0. The molecule has 2 heterocycles. The summed E-state index contributed by atoms with van der Waals surface area (Å²) in [5.41, 5.74) is 0.230. The Kier molecular flexibility index (Phi) is 4.76. The minimum absolute atomic E-state index is 0.148. The second-order valence-electron chi connectivity index (χ2n) is 6.27. The highest BCUT2D eigenvalue weighted by molar-refractivity contribution is 5.19. The SMILES string of the molecule is COC1CCCOC12CCN(Cc1cccc(F)c1F)CC2. The van der Waals surface area contributed by atoms with Crippen molar-refractivity contribution in [3.63, 3.8) is 0 Å². The molecule has 2 aliphatic heterocycles. The predicted octanol–water partition coefficient (Wildman–Crippen LogP) is 3.12. The molecule has 1 spiro atoms. The van der Waals surface area contributed by atoms with Crippen molar-refractivity contribution < 1.29 is 18.3 Å². The molecule has 0 bridgehead atoms. The van der Waals surface area contributed by atoms with E-state index >= 15 is 0 Å². The molecule has 5 heteroatoms. The maximum Gasteiger partial charge on any atom is 0.163 e. The topological polar surface area (TPSA) is 21.7 Å². The van der Waals surface area contributed by atoms with E-state index in [2.05, 4.69) is 4.90 Å². The van der Waals surface area contributed by atoms with Crippen molar-refractivity contribution >= 4 is 0 Å². The lowest BCUT2D eigenvalue weighted by Crippen LogP contribution is -2.55. The first-order valence-electron chi connectivity index (χ1n) is 7.96. The van der Waals surface area contributed by atoms with Gasteiger partial charge in [0.05, 0.1) is 11.7 Å². The third-order valence-corrected chi connectivity index (χ3v) is 5.00. The van der Waals surface area contributed by atoms with E-state index in [9.17, 15) is 8.78 Å². The predicted molar refractivity (Wildman–Crippen MR) is 79.6 cm³/mol. The number of methoxy groups -OCH3 is 1. The average Bonchev–Trinajstić information content (AvgIpc) is 2.54. The molecule has 0 amide bonds. The van der Waals surface area contributed by atoms with Gasteiger partial charge in [-0.3, -0.25) is 4.90 Å². The zero-order valence-electron chi connectivity index (χ0n) is 13.0. The monoisotopic (exact) mass is 311 g/mol. The molecule has 0 saturated carbocycles. The van der Waals surface area contributed by atoms with Crippen molar-refractivity contribution in [3.8, 4) is 0 Å². The summed E-state index contributed by atoms with van der Waals surface area (Å²) in [5.74, 6) is -1.51. The average molecular weight is 311 g/mol. The second-order valence-corrected chi connectivity index (χ2v) is 6.27. The van der Waals surface area contributed by atoms with E-state index in [1.54, 1.807) is 19.2 Å². The van der Waals surface area contributed by atoms with Gasteiger partial charge in [-0.25, -0.2) is 8.78 Å². The van der Waals surface area contributed by atoms with Gasteiger partial charge in [0.25, 0.3) is 0 Å². The van der Waals surface area contributed by atoms with Crippen LogP contribution in [0.25, 0.3) is 0 Å². The van der Waals surface area contributed by atoms with Crippen molar-refractivity contribution in [2.45, 2.75) is 43.9 Å². The standard InChI is InChI=1S/C17H23F2NO2/c1-21-15-6-3-11-22-17(15)7-9-20(10-8-17)12-13-4-2-5-14(18)16(13)19/h2,4-5,15H,3,6-12H2,1H3. The van der Waals surface area contributed by atoms with Gasteiger partial charge in [0.15, 0.2) is 11.6 Å². The van der Waals surface area contributed by atoms with Crippen LogP contribution in [0.5, 0.6) is 0 Å². The molecule has 22 heavy (non-hydrogen) atoms. The van der Waals surface area contributed by atoms with Gasteiger partial charge in [-0.1, -0.05) is 12.1 Å². The summed E-state index contributed by atoms with van der Waals surface area (Å²) >= 11 is 0. The quantitative estimate of drug-likeness (QED) is 0.856. The van der Waals surface area contributed by atoms with Crippen LogP contribution in [0.1, 0.15) is 31.2 Å². The van der Waals surface area contributed by atoms with Crippen LogP contribution < -0.4 is 0 Å². The van der Waals surface area contributed by atoms with Gasteiger partial charge in [-0.2, -0.15) is 0 Å². The third-order valence-electron chi connectivity index (χ3n) is 5.00. The summed E-state index contributed by atoms with van der Waals surface area (Å²) < 4.78 is 38.7. The van der Waals surface area contributed by atoms with Gasteiger partial charge < -0.3 is 9.47 Å². The fourth-order valence-electron chi connectivity index (χ4n) is 3.70. The summed E-state index contributed by atoms with van der Waals surface area (Å²) in [5, 5.41) is 0. The molecule has 2 saturated heterocycles. The molecule has 122 valence electrons. The van der Waals surface area contributed by atoms with Crippen LogP contribution in [0.15, 0.2) is 18.2 Å². The number of ether oxygens (including phenoxy) is 2. The lowest BCUT2D eigenvalue weighted by Gasteiger charge is -2.48. The molecule has 3 nitrogen and oxygen atoms in total. The van der Waals surface area contributed by atoms with Crippen LogP contribution in [0.3, 0.4) is 0 Å². The molecule has 1 aromatic rings. The number of likely N-dealkylation sites (tertiary alicyclic amines) is 1. The first kappa shape index (κ1) is 15.8. The Balaban J connectivity index is 1.63. The minimum atomic E-state index is -0.777. The van der Waals surface area contributed by atoms with Crippen molar-refractivity contribution in [3.05, 3.63) is 35.4 Å². The van der Waals surface area contributed by atoms with Gasteiger partial charge in [-0.05, 0) is 31.7 Å². The van der Waals surface area contributed by atoms with Gasteiger partial charge in [-0.15, -0.1) is 0 Å². The Bertz CT molecular complexity index is 515. The second kappa shape index (κ2) is 6.60. The minimum Gasteiger partial charge on any atom is -0.378 e. The normalized spacial score (nSPS) is 25.5. The molecule has 0 N–H and O–H groups in total. The van der Waals surface area contributed by atoms with E-state index in [0.717, 1.165) is 51.4 Å². The molecule has 0 aliphatic carbocycles. The molecular formula is C17H23F2NO2. The highest BCUT2D eigenvalue weighted by Gasteiger charge is 2.44. The summed E-state index contributed by atoms with van der Waals surface area (Å²) in [6.45, 7) is 2.86. The Morgan fingerprint density at radius 1 is 1.32 bits per heavy atom. The van der Waals surface area contributed by atoms with Crippen molar-refractivity contribution in [1.29, 1.82) is 0 Å². The van der Waals surface area contributed by atoms with Crippen molar-refractivity contribution in [2.75, 3.05) is 26.8 Å². The number of rotatable bonds is 3. The maximum atomic E-state index is 13.8. The third kappa shape index (κ3) is 3.03. The highest BCUT2D eigenvalue weighted by Crippen LogP contribution is 2.37. The Labute approximate surface area is 130 Å². The fraction of sp³-hybridized carbons (Fsp3) is 0.647. The Morgan fingerprint density at radius 2 is 2.09 bits per heavy atom. The van der Waals surface area contributed by atoms with Gasteiger partial charge in [0, 0.05) is 38.9 Å². The van der Waals surface area contributed by atoms with Gasteiger partial charge in [0.2, 0.25) is 0 Å². The molecule has 1 atom stereocenters. The van der Waals surface area contributed by atoms with Gasteiger partial charge in [0.1, 0.15) is 0 Å². The molecule has 3 rings (SSSR count). The zero-order chi connectivity index (χ0) is 15.6. The van der Waals surface area contributed by atoms with E-state index in [1.165, 1.54) is 0 Å². The van der Waals surface area contributed by atoms with Crippen LogP contribution in [0.4, 0.5) is 8.78 Å². The fourth-order valence-corrected chi connectivity index (χ4v) is 3.70. The molecule has 2 fully saturated rings. The smallest absolute Gasteiger partial charge is 0.163 e. The molecule has 2 aliphatic rings. The number of piperidine rings is 1. The van der Waals surface area contributed by atoms with Crippen molar-refractivity contribution in [2.24, 2.45) is 0 Å². The summed E-state index contributed by atoms with van der Waals surface area (Å²) in [6, 6.07) is 4.37. The zero-order valence-corrected chi connectivity index (χ0v) is 13.0. The largest absolute Gasteiger partial charge is 0.378 e. The molecule has 0 radical (unpaired) electrons. The van der Waals surface area contributed by atoms with Crippen LogP contribution in [-0.2, 0) is 16.0 Å². The van der Waals surface area contributed by atoms with E-state index < -0.39 is 11.6 Å². The van der Waals surface area contributed by atoms with E-state index in [4.69, 9.17) is 9.47 Å². The van der Waals surface area contributed by atoms with Crippen molar-refractivity contribution in [1.82, 2.24) is 4.90 Å². The molecule has 0 aromatic heterocycles. The van der Waals surface area contributed by atoms with Crippen LogP contribution in [0.2, 0.25) is 0 Å². The van der Waals surface area contributed by atoms with Crippen LogP contribution in [-0.4, -0.2) is 43.4 Å². The number of halogens is 2. The van der Waals surface area contributed by atoms with Crippen LogP contribution >= 0.6 is 0 Å². The maximum absolute atomic E-state index is 13.8. The van der Waals surface area contributed by atoms with E-state index in [-0.39, 0.29) is 11.7 Å². The Hall–Kier alpha value is -1.04. The highest BCUT2D eigenvalue weighted by atomic mass is 19.2. The van der Waals surface area contributed by atoms with E-state index in [1.807, 2.05) is 0 Å². The molecule has 1 aromatic carbocycles. The summed E-state index contributed by atoms with van der Waals surface area (Å²) in [7, 11) is 1.75. The lowest BCUT2D eigenvalue weighted by atomic mass is 9.81. The first-order chi connectivity index (χ1) is 10.6. The lowest BCUT2D eigenvalue weighted by molar-refractivity contribution is -0.186. The number of hydrogen-bond acceptors (Lipinski definition) is 3. The Morgan fingerprint density at radius 3 is 2.82 bits per heavy atom. The van der Waals surface area contributed by atoms with E-state index in [0.29, 0.717) is 12.1 Å². The summed E-state index contributed by atoms with van der Waals surface area (Å²) in [4.78, 5) is 2.16. The number of nitrogens with zero attached hydrogens (tertiary/aromatic N) is 1. The first-order valence-corrected chi connectivity index (χ1v) is 7.96. The van der Waals surface area contributed by atoms with Crippen LogP contribution in [0, 0.1) is 11.6 Å². The molecular weight excluding hydrogens is 288 g/mol. The van der Waals surface area contributed by atoms with Gasteiger partial charge >= 0.3 is 0 Å². The number of benzene rings is 1. The summed E-state index contributed by atoms with van der Waals surface area (Å²) in [6.07, 6.45) is 3.98.